The standard InChI is InChI=1S/C10H18N2O/c1-2-3-4-11-5-7-12(8-6-11)9-10-13/h1,13H,3-10H2. The third-order valence-corrected chi connectivity index (χ3v) is 2.45. The van der Waals surface area contributed by atoms with Crippen LogP contribution in [0, 0.1) is 12.3 Å². The van der Waals surface area contributed by atoms with E-state index in [1.807, 2.05) is 0 Å². The Hall–Kier alpha value is -0.560. The van der Waals surface area contributed by atoms with Crippen molar-refractivity contribution in [2.24, 2.45) is 0 Å². The smallest absolute Gasteiger partial charge is 0.0558 e. The second kappa shape index (κ2) is 5.98. The predicted molar refractivity (Wildman–Crippen MR) is 53.4 cm³/mol. The lowest BCUT2D eigenvalue weighted by Crippen LogP contribution is -2.47. The highest BCUT2D eigenvalue weighted by Crippen LogP contribution is 2.01. The minimum Gasteiger partial charge on any atom is -0.395 e. The van der Waals surface area contributed by atoms with Crippen molar-refractivity contribution >= 4 is 0 Å². The highest BCUT2D eigenvalue weighted by atomic mass is 16.3. The molecule has 0 aromatic heterocycles. The Morgan fingerprint density at radius 3 is 2.08 bits per heavy atom. The van der Waals surface area contributed by atoms with E-state index in [4.69, 9.17) is 11.5 Å². The molecule has 0 aromatic carbocycles. The molecule has 1 N–H and O–H groups in total. The van der Waals surface area contributed by atoms with Crippen LogP contribution in [0.2, 0.25) is 0 Å². The van der Waals surface area contributed by atoms with E-state index < -0.39 is 0 Å². The summed E-state index contributed by atoms with van der Waals surface area (Å²) in [5.74, 6) is 2.66. The van der Waals surface area contributed by atoms with E-state index in [0.717, 1.165) is 45.7 Å². The van der Waals surface area contributed by atoms with Crippen LogP contribution in [0.1, 0.15) is 6.42 Å². The van der Waals surface area contributed by atoms with Crippen LogP contribution >= 0.6 is 0 Å². The molecule has 0 aromatic rings. The van der Waals surface area contributed by atoms with Crippen LogP contribution in [0.5, 0.6) is 0 Å². The summed E-state index contributed by atoms with van der Waals surface area (Å²) >= 11 is 0. The minimum absolute atomic E-state index is 0.268. The van der Waals surface area contributed by atoms with E-state index in [2.05, 4.69) is 15.7 Å². The van der Waals surface area contributed by atoms with Gasteiger partial charge in [0.05, 0.1) is 6.61 Å². The Morgan fingerprint density at radius 2 is 1.62 bits per heavy atom. The van der Waals surface area contributed by atoms with Crippen molar-refractivity contribution in [3.63, 3.8) is 0 Å². The molecule has 0 bridgehead atoms. The van der Waals surface area contributed by atoms with E-state index >= 15 is 0 Å². The fourth-order valence-electron chi connectivity index (χ4n) is 1.60. The van der Waals surface area contributed by atoms with Gasteiger partial charge >= 0.3 is 0 Å². The Bertz CT molecular complexity index is 168. The average molecular weight is 182 g/mol. The topological polar surface area (TPSA) is 26.7 Å². The van der Waals surface area contributed by atoms with Gasteiger partial charge in [0, 0.05) is 45.7 Å². The van der Waals surface area contributed by atoms with Crippen molar-refractivity contribution < 1.29 is 5.11 Å². The molecule has 0 saturated carbocycles. The first-order chi connectivity index (χ1) is 6.36. The Labute approximate surface area is 80.3 Å². The van der Waals surface area contributed by atoms with Crippen molar-refractivity contribution in [3.8, 4) is 12.3 Å². The SMILES string of the molecule is C#CCCN1CCN(CCO)CC1. The zero-order valence-corrected chi connectivity index (χ0v) is 8.08. The summed E-state index contributed by atoms with van der Waals surface area (Å²) in [6.45, 7) is 6.39. The molecule has 1 fully saturated rings. The van der Waals surface area contributed by atoms with E-state index in [9.17, 15) is 0 Å². The van der Waals surface area contributed by atoms with Gasteiger partial charge in [0.1, 0.15) is 0 Å². The third kappa shape index (κ3) is 3.77. The monoisotopic (exact) mass is 182 g/mol. The van der Waals surface area contributed by atoms with Crippen molar-refractivity contribution in [2.45, 2.75) is 6.42 Å². The fraction of sp³-hybridized carbons (Fsp3) is 0.800. The number of aliphatic hydroxyl groups excluding tert-OH is 1. The minimum atomic E-state index is 0.268. The van der Waals surface area contributed by atoms with Gasteiger partial charge in [0.25, 0.3) is 0 Å². The van der Waals surface area contributed by atoms with Gasteiger partial charge in [0.15, 0.2) is 0 Å². The summed E-state index contributed by atoms with van der Waals surface area (Å²) in [7, 11) is 0. The number of hydrogen-bond donors (Lipinski definition) is 1. The zero-order chi connectivity index (χ0) is 9.52. The summed E-state index contributed by atoms with van der Waals surface area (Å²) in [6.07, 6.45) is 6.05. The van der Waals surface area contributed by atoms with Crippen LogP contribution in [-0.2, 0) is 0 Å². The van der Waals surface area contributed by atoms with Crippen molar-refractivity contribution in [3.05, 3.63) is 0 Å². The largest absolute Gasteiger partial charge is 0.395 e. The molecule has 0 radical (unpaired) electrons. The molecule has 0 amide bonds. The Morgan fingerprint density at radius 1 is 1.08 bits per heavy atom. The van der Waals surface area contributed by atoms with Gasteiger partial charge in [-0.15, -0.1) is 12.3 Å². The number of piperazine rings is 1. The van der Waals surface area contributed by atoms with Gasteiger partial charge in [-0.3, -0.25) is 9.80 Å². The van der Waals surface area contributed by atoms with Gasteiger partial charge in [-0.1, -0.05) is 0 Å². The summed E-state index contributed by atoms with van der Waals surface area (Å²) in [5.41, 5.74) is 0. The van der Waals surface area contributed by atoms with Gasteiger partial charge in [-0.2, -0.15) is 0 Å². The number of terminal acetylenes is 1. The van der Waals surface area contributed by atoms with Crippen LogP contribution < -0.4 is 0 Å². The first-order valence-electron chi connectivity index (χ1n) is 4.86. The number of rotatable bonds is 4. The highest BCUT2D eigenvalue weighted by molar-refractivity contribution is 4.85. The quantitative estimate of drug-likeness (QED) is 0.600. The molecule has 1 rings (SSSR count). The fourth-order valence-corrected chi connectivity index (χ4v) is 1.60. The van der Waals surface area contributed by atoms with Gasteiger partial charge in [0.2, 0.25) is 0 Å². The number of β-amino-alcohol motifs (C(OH)–C–C–N with tert-alkyl or cyclic N) is 1. The normalized spacial score (nSPS) is 20.0. The molecule has 3 nitrogen and oxygen atoms in total. The van der Waals surface area contributed by atoms with Crippen LogP contribution in [-0.4, -0.2) is 60.8 Å². The summed E-state index contributed by atoms with van der Waals surface area (Å²) in [6, 6.07) is 0. The number of nitrogens with zero attached hydrogens (tertiary/aromatic N) is 2. The molecule has 1 saturated heterocycles. The van der Waals surface area contributed by atoms with Crippen LogP contribution in [0.25, 0.3) is 0 Å². The molecule has 0 spiro atoms. The maximum atomic E-state index is 8.74. The molecular weight excluding hydrogens is 164 g/mol. The third-order valence-electron chi connectivity index (χ3n) is 2.45. The van der Waals surface area contributed by atoms with E-state index in [1.54, 1.807) is 0 Å². The van der Waals surface area contributed by atoms with Crippen LogP contribution in [0.3, 0.4) is 0 Å². The summed E-state index contributed by atoms with van der Waals surface area (Å²) in [4.78, 5) is 4.67. The van der Waals surface area contributed by atoms with Gasteiger partial charge in [-0.25, -0.2) is 0 Å². The van der Waals surface area contributed by atoms with Crippen molar-refractivity contribution in [1.82, 2.24) is 9.80 Å². The summed E-state index contributed by atoms with van der Waals surface area (Å²) in [5, 5.41) is 8.74. The lowest BCUT2D eigenvalue weighted by molar-refractivity contribution is 0.114. The van der Waals surface area contributed by atoms with Gasteiger partial charge in [-0.05, 0) is 0 Å². The Kier molecular flexibility index (Phi) is 4.84. The molecule has 1 aliphatic heterocycles. The lowest BCUT2D eigenvalue weighted by Gasteiger charge is -2.33. The predicted octanol–water partition coefficient (Wildman–Crippen LogP) is -0.380. The maximum Gasteiger partial charge on any atom is 0.0558 e. The van der Waals surface area contributed by atoms with E-state index in [0.29, 0.717) is 0 Å². The molecule has 3 heteroatoms. The number of hydrogen-bond acceptors (Lipinski definition) is 3. The second-order valence-corrected chi connectivity index (χ2v) is 3.36. The molecule has 1 heterocycles. The van der Waals surface area contributed by atoms with E-state index in [1.165, 1.54) is 0 Å². The molecule has 13 heavy (non-hydrogen) atoms. The molecule has 0 aliphatic carbocycles. The second-order valence-electron chi connectivity index (χ2n) is 3.36. The lowest BCUT2D eigenvalue weighted by atomic mass is 10.3. The van der Waals surface area contributed by atoms with Crippen molar-refractivity contribution in [2.75, 3.05) is 45.9 Å². The van der Waals surface area contributed by atoms with E-state index in [-0.39, 0.29) is 6.61 Å². The molecule has 0 unspecified atom stereocenters. The summed E-state index contributed by atoms with van der Waals surface area (Å²) < 4.78 is 0. The first-order valence-corrected chi connectivity index (χ1v) is 4.86. The van der Waals surface area contributed by atoms with Crippen molar-refractivity contribution in [1.29, 1.82) is 0 Å². The number of aliphatic hydroxyl groups is 1. The zero-order valence-electron chi connectivity index (χ0n) is 8.08. The van der Waals surface area contributed by atoms with Crippen LogP contribution in [0.15, 0.2) is 0 Å². The average Bonchev–Trinajstić information content (AvgIpc) is 2.17. The van der Waals surface area contributed by atoms with Gasteiger partial charge < -0.3 is 5.11 Å². The van der Waals surface area contributed by atoms with Crippen LogP contribution in [0.4, 0.5) is 0 Å². The maximum absolute atomic E-state index is 8.74. The molecule has 0 atom stereocenters. The molecular formula is C10H18N2O. The molecule has 1 aliphatic rings. The Balaban J connectivity index is 2.12. The first kappa shape index (κ1) is 10.5. The molecule has 74 valence electrons. The highest BCUT2D eigenvalue weighted by Gasteiger charge is 2.14.